The van der Waals surface area contributed by atoms with Gasteiger partial charge in [-0.25, -0.2) is 0 Å². The number of fused-ring (bicyclic) bond motifs is 2. The highest BCUT2D eigenvalue weighted by molar-refractivity contribution is 5.81. The lowest BCUT2D eigenvalue weighted by molar-refractivity contribution is -0.120. The maximum Gasteiger partial charge on any atom is 0.135 e. The molecule has 0 aromatic rings. The second kappa shape index (κ2) is 3.46. The largest absolute Gasteiger partial charge is 0.309 e. The second-order valence-electron chi connectivity index (χ2n) is 4.53. The van der Waals surface area contributed by atoms with Gasteiger partial charge in [0.25, 0.3) is 0 Å². The van der Waals surface area contributed by atoms with Crippen molar-refractivity contribution in [2.45, 2.75) is 25.3 Å². The maximum atomic E-state index is 11.4. The van der Waals surface area contributed by atoms with Gasteiger partial charge in [-0.1, -0.05) is 24.3 Å². The van der Waals surface area contributed by atoms with E-state index in [2.05, 4.69) is 29.6 Å². The Kier molecular flexibility index (Phi) is 2.10. The van der Waals surface area contributed by atoms with Gasteiger partial charge >= 0.3 is 0 Å². The molecule has 0 bridgehead atoms. The van der Waals surface area contributed by atoms with Gasteiger partial charge in [-0.05, 0) is 17.6 Å². The Morgan fingerprint density at radius 3 is 3.13 bits per heavy atom. The molecule has 1 heterocycles. The lowest BCUT2D eigenvalue weighted by Crippen LogP contribution is -2.44. The third-order valence-electron chi connectivity index (χ3n) is 3.61. The summed E-state index contributed by atoms with van der Waals surface area (Å²) in [6, 6.07) is 0.327. The smallest absolute Gasteiger partial charge is 0.135 e. The van der Waals surface area contributed by atoms with E-state index in [0.717, 1.165) is 19.4 Å². The van der Waals surface area contributed by atoms with E-state index in [1.54, 1.807) is 0 Å². The van der Waals surface area contributed by atoms with Crippen LogP contribution < -0.4 is 5.32 Å². The molecule has 78 valence electrons. The molecule has 0 amide bonds. The Morgan fingerprint density at radius 2 is 2.20 bits per heavy atom. The van der Waals surface area contributed by atoms with Crippen molar-refractivity contribution in [1.29, 1.82) is 0 Å². The van der Waals surface area contributed by atoms with Crippen LogP contribution in [0.2, 0.25) is 0 Å². The molecule has 1 aliphatic heterocycles. The summed E-state index contributed by atoms with van der Waals surface area (Å²) in [6.07, 6.45) is 11.1. The summed E-state index contributed by atoms with van der Waals surface area (Å²) in [4.78, 5) is 11.4. The third kappa shape index (κ3) is 1.49. The van der Waals surface area contributed by atoms with Crippen molar-refractivity contribution < 1.29 is 4.79 Å². The molecular formula is C13H15NO. The lowest BCUT2D eigenvalue weighted by atomic mass is 9.77. The average molecular weight is 201 g/mol. The van der Waals surface area contributed by atoms with Crippen LogP contribution in [0.4, 0.5) is 0 Å². The van der Waals surface area contributed by atoms with Gasteiger partial charge in [0.05, 0.1) is 0 Å². The van der Waals surface area contributed by atoms with E-state index < -0.39 is 0 Å². The Labute approximate surface area is 89.7 Å². The molecule has 3 rings (SSSR count). The molecule has 3 aliphatic rings. The van der Waals surface area contributed by atoms with E-state index in [0.29, 0.717) is 24.2 Å². The summed E-state index contributed by atoms with van der Waals surface area (Å²) in [6.45, 7) is 0.984. The van der Waals surface area contributed by atoms with Crippen LogP contribution in [-0.2, 0) is 4.79 Å². The fourth-order valence-corrected chi connectivity index (χ4v) is 2.82. The minimum Gasteiger partial charge on any atom is -0.309 e. The zero-order chi connectivity index (χ0) is 10.3. The van der Waals surface area contributed by atoms with Crippen LogP contribution in [0.25, 0.3) is 0 Å². The molecule has 2 unspecified atom stereocenters. The average Bonchev–Trinajstić information content (AvgIpc) is 2.28. The highest BCUT2D eigenvalue weighted by Crippen LogP contribution is 2.34. The van der Waals surface area contributed by atoms with Crippen molar-refractivity contribution in [3.8, 4) is 0 Å². The van der Waals surface area contributed by atoms with Crippen LogP contribution in [-0.4, -0.2) is 18.4 Å². The molecular weight excluding hydrogens is 186 g/mol. The first-order valence-corrected chi connectivity index (χ1v) is 5.67. The number of carbonyl (C=O) groups is 1. The van der Waals surface area contributed by atoms with Crippen LogP contribution in [0, 0.1) is 5.92 Å². The van der Waals surface area contributed by atoms with Gasteiger partial charge in [-0.3, -0.25) is 4.79 Å². The summed E-state index contributed by atoms with van der Waals surface area (Å²) in [5.41, 5.74) is 2.94. The van der Waals surface area contributed by atoms with E-state index in [1.165, 1.54) is 11.1 Å². The van der Waals surface area contributed by atoms with Crippen molar-refractivity contribution in [2.24, 2.45) is 5.92 Å². The van der Waals surface area contributed by atoms with Crippen LogP contribution >= 0.6 is 0 Å². The van der Waals surface area contributed by atoms with E-state index in [4.69, 9.17) is 0 Å². The molecule has 2 aliphatic carbocycles. The van der Waals surface area contributed by atoms with Gasteiger partial charge in [0, 0.05) is 31.3 Å². The number of Topliss-reactive ketones (excluding diaryl/α,β-unsaturated/α-hetero) is 1. The summed E-state index contributed by atoms with van der Waals surface area (Å²) in [5.74, 6) is 0.945. The summed E-state index contributed by atoms with van der Waals surface area (Å²) < 4.78 is 0. The molecule has 1 N–H and O–H groups in total. The molecule has 0 radical (unpaired) electrons. The Morgan fingerprint density at radius 1 is 1.27 bits per heavy atom. The number of hydrogen-bond acceptors (Lipinski definition) is 2. The molecule has 2 atom stereocenters. The topological polar surface area (TPSA) is 29.1 Å². The molecule has 0 aromatic carbocycles. The van der Waals surface area contributed by atoms with Crippen LogP contribution in [0.15, 0.2) is 35.5 Å². The monoisotopic (exact) mass is 201 g/mol. The molecule has 1 fully saturated rings. The zero-order valence-corrected chi connectivity index (χ0v) is 8.70. The van der Waals surface area contributed by atoms with Crippen LogP contribution in [0.5, 0.6) is 0 Å². The maximum absolute atomic E-state index is 11.4. The summed E-state index contributed by atoms with van der Waals surface area (Å²) >= 11 is 0. The lowest BCUT2D eigenvalue weighted by Gasteiger charge is -2.36. The Hall–Kier alpha value is -1.15. The SMILES string of the molecule is O=C1CCC2=C3C=CC=CC3CNC2C1. The summed E-state index contributed by atoms with van der Waals surface area (Å²) in [5, 5.41) is 3.49. The summed E-state index contributed by atoms with van der Waals surface area (Å²) in [7, 11) is 0. The van der Waals surface area contributed by atoms with Crippen molar-refractivity contribution in [3.63, 3.8) is 0 Å². The van der Waals surface area contributed by atoms with Gasteiger partial charge in [0.15, 0.2) is 0 Å². The predicted octanol–water partition coefficient (Wildman–Crippen LogP) is 1.75. The van der Waals surface area contributed by atoms with Crippen molar-refractivity contribution in [2.75, 3.05) is 6.54 Å². The molecule has 1 saturated carbocycles. The first kappa shape index (κ1) is 9.10. The van der Waals surface area contributed by atoms with Gasteiger partial charge in [-0.15, -0.1) is 0 Å². The highest BCUT2D eigenvalue weighted by atomic mass is 16.1. The van der Waals surface area contributed by atoms with Crippen LogP contribution in [0.3, 0.4) is 0 Å². The highest BCUT2D eigenvalue weighted by Gasteiger charge is 2.31. The van der Waals surface area contributed by atoms with Crippen molar-refractivity contribution >= 4 is 5.78 Å². The number of carbonyl (C=O) groups excluding carboxylic acids is 1. The quantitative estimate of drug-likeness (QED) is 0.647. The van der Waals surface area contributed by atoms with Crippen molar-refractivity contribution in [1.82, 2.24) is 5.32 Å². The second-order valence-corrected chi connectivity index (χ2v) is 4.53. The number of nitrogens with one attached hydrogen (secondary N) is 1. The minimum atomic E-state index is 0.327. The van der Waals surface area contributed by atoms with Crippen LogP contribution in [0.1, 0.15) is 19.3 Å². The third-order valence-corrected chi connectivity index (χ3v) is 3.61. The number of ketones is 1. The van der Waals surface area contributed by atoms with Gasteiger partial charge in [0.2, 0.25) is 0 Å². The standard InChI is InChI=1S/C13H15NO/c15-10-5-6-12-11-4-2-1-3-9(11)8-14-13(12)7-10/h1-4,9,13-14H,5-8H2. The first-order valence-electron chi connectivity index (χ1n) is 5.67. The van der Waals surface area contributed by atoms with E-state index in [1.807, 2.05) is 0 Å². The molecule has 0 saturated heterocycles. The van der Waals surface area contributed by atoms with Gasteiger partial charge in [-0.2, -0.15) is 0 Å². The Bertz CT molecular complexity index is 389. The van der Waals surface area contributed by atoms with Crippen molar-refractivity contribution in [3.05, 3.63) is 35.5 Å². The normalized spacial score (nSPS) is 34.0. The number of hydrogen-bond donors (Lipinski definition) is 1. The number of rotatable bonds is 0. The number of allylic oxidation sites excluding steroid dienone is 3. The molecule has 2 nitrogen and oxygen atoms in total. The van der Waals surface area contributed by atoms with Gasteiger partial charge < -0.3 is 5.32 Å². The zero-order valence-electron chi connectivity index (χ0n) is 8.70. The molecule has 0 spiro atoms. The fraction of sp³-hybridized carbons (Fsp3) is 0.462. The first-order chi connectivity index (χ1) is 7.34. The molecule has 0 aromatic heterocycles. The predicted molar refractivity (Wildman–Crippen MR) is 59.4 cm³/mol. The minimum absolute atomic E-state index is 0.327. The van der Waals surface area contributed by atoms with E-state index >= 15 is 0 Å². The van der Waals surface area contributed by atoms with E-state index in [-0.39, 0.29) is 0 Å². The Balaban J connectivity index is 1.98. The molecule has 2 heteroatoms. The molecule has 15 heavy (non-hydrogen) atoms. The van der Waals surface area contributed by atoms with Gasteiger partial charge in [0.1, 0.15) is 5.78 Å². The fourth-order valence-electron chi connectivity index (χ4n) is 2.82. The van der Waals surface area contributed by atoms with E-state index in [9.17, 15) is 4.79 Å².